The number of anilines is 1. The van der Waals surface area contributed by atoms with Crippen LogP contribution in [0.4, 0.5) is 5.69 Å². The minimum atomic E-state index is -3.68. The van der Waals surface area contributed by atoms with Crippen LogP contribution in [0.5, 0.6) is 0 Å². The smallest absolute Gasteiger partial charge is 0.265 e. The summed E-state index contributed by atoms with van der Waals surface area (Å²) in [6.07, 6.45) is 6.10. The second-order valence-electron chi connectivity index (χ2n) is 6.06. The Morgan fingerprint density at radius 2 is 1.96 bits per heavy atom. The van der Waals surface area contributed by atoms with Crippen LogP contribution < -0.4 is 4.72 Å². The van der Waals surface area contributed by atoms with Gasteiger partial charge in [-0.1, -0.05) is 30.5 Å². The molecule has 23 heavy (non-hydrogen) atoms. The van der Waals surface area contributed by atoms with E-state index in [1.165, 1.54) is 12.8 Å². The molecule has 0 bridgehead atoms. The molecule has 0 spiro atoms. The van der Waals surface area contributed by atoms with Gasteiger partial charge in [-0.25, -0.2) is 8.42 Å². The molecule has 0 amide bonds. The van der Waals surface area contributed by atoms with E-state index >= 15 is 0 Å². The Kier molecular flexibility index (Phi) is 4.38. The van der Waals surface area contributed by atoms with E-state index < -0.39 is 10.0 Å². The maximum Gasteiger partial charge on any atom is 0.265 e. The Bertz CT molecular complexity index is 824. The van der Waals surface area contributed by atoms with Gasteiger partial charge in [0.25, 0.3) is 10.0 Å². The van der Waals surface area contributed by atoms with Gasteiger partial charge in [0.05, 0.1) is 17.4 Å². The highest BCUT2D eigenvalue weighted by molar-refractivity contribution is 7.92. The molecule has 124 valence electrons. The molecule has 0 atom stereocenters. The molecule has 1 fully saturated rings. The van der Waals surface area contributed by atoms with Gasteiger partial charge in [0.15, 0.2) is 0 Å². The number of nitrogens with one attached hydrogen (secondary N) is 1. The minimum absolute atomic E-state index is 0.226. The lowest BCUT2D eigenvalue weighted by atomic mass is 10.2. The molecule has 1 aromatic heterocycles. The third-order valence-electron chi connectivity index (χ3n) is 4.30. The largest absolute Gasteiger partial charge is 0.279 e. The molecule has 0 aliphatic heterocycles. The van der Waals surface area contributed by atoms with E-state index in [9.17, 15) is 8.42 Å². The van der Waals surface area contributed by atoms with Gasteiger partial charge >= 0.3 is 0 Å². The molecule has 1 N–H and O–H groups in total. The van der Waals surface area contributed by atoms with Crippen LogP contribution in [0, 0.1) is 13.8 Å². The molecule has 1 aliphatic carbocycles. The van der Waals surface area contributed by atoms with Crippen molar-refractivity contribution in [1.29, 1.82) is 0 Å². The molecule has 0 saturated heterocycles. The van der Waals surface area contributed by atoms with Gasteiger partial charge in [0.2, 0.25) is 0 Å². The average molecular weight is 354 g/mol. The van der Waals surface area contributed by atoms with E-state index in [-0.39, 0.29) is 4.90 Å². The SMILES string of the molecule is Cc1ccc(Cl)cc1NS(=O)(=O)c1cn(C2CCCC2)nc1C. The van der Waals surface area contributed by atoms with Crippen LogP contribution in [0.25, 0.3) is 0 Å². The molecule has 7 heteroatoms. The van der Waals surface area contributed by atoms with Crippen LogP contribution in [-0.4, -0.2) is 18.2 Å². The van der Waals surface area contributed by atoms with Crippen LogP contribution in [0.3, 0.4) is 0 Å². The summed E-state index contributed by atoms with van der Waals surface area (Å²) in [5.41, 5.74) is 1.83. The molecule has 1 saturated carbocycles. The predicted molar refractivity (Wildman–Crippen MR) is 91.5 cm³/mol. The highest BCUT2D eigenvalue weighted by Gasteiger charge is 2.25. The van der Waals surface area contributed by atoms with Gasteiger partial charge in [-0.2, -0.15) is 5.10 Å². The Balaban J connectivity index is 1.91. The highest BCUT2D eigenvalue weighted by atomic mass is 35.5. The fourth-order valence-electron chi connectivity index (χ4n) is 2.99. The number of halogens is 1. The number of aromatic nitrogens is 2. The summed E-state index contributed by atoms with van der Waals surface area (Å²) in [6, 6.07) is 5.45. The van der Waals surface area contributed by atoms with E-state index in [2.05, 4.69) is 9.82 Å². The zero-order valence-corrected chi connectivity index (χ0v) is 14.8. The van der Waals surface area contributed by atoms with Gasteiger partial charge in [-0.05, 0) is 44.4 Å². The van der Waals surface area contributed by atoms with Gasteiger partial charge in [0.1, 0.15) is 4.90 Å². The summed E-state index contributed by atoms with van der Waals surface area (Å²) >= 11 is 5.96. The van der Waals surface area contributed by atoms with E-state index in [1.54, 1.807) is 31.3 Å². The van der Waals surface area contributed by atoms with Crippen molar-refractivity contribution < 1.29 is 8.42 Å². The predicted octanol–water partition coefficient (Wildman–Crippen LogP) is 4.07. The first-order valence-electron chi connectivity index (χ1n) is 7.71. The molecule has 2 aromatic rings. The maximum absolute atomic E-state index is 12.7. The van der Waals surface area contributed by atoms with Crippen LogP contribution in [0.2, 0.25) is 5.02 Å². The van der Waals surface area contributed by atoms with E-state index in [1.807, 2.05) is 11.6 Å². The molecule has 0 unspecified atom stereocenters. The lowest BCUT2D eigenvalue weighted by molar-refractivity contribution is 0.464. The van der Waals surface area contributed by atoms with Gasteiger partial charge in [-0.15, -0.1) is 0 Å². The Morgan fingerprint density at radius 3 is 2.65 bits per heavy atom. The standard InChI is InChI=1S/C16H20ClN3O2S/c1-11-7-8-13(17)9-15(11)19-23(21,22)16-10-20(18-12(16)2)14-5-3-4-6-14/h7-10,14,19H,3-6H2,1-2H3. The van der Waals surface area contributed by atoms with Gasteiger partial charge in [0, 0.05) is 11.2 Å². The second-order valence-corrected chi connectivity index (χ2v) is 8.15. The zero-order valence-electron chi connectivity index (χ0n) is 13.2. The number of benzene rings is 1. The molecule has 3 rings (SSSR count). The number of aryl methyl sites for hydroxylation is 2. The van der Waals surface area contributed by atoms with Crippen LogP contribution in [0.1, 0.15) is 43.0 Å². The van der Waals surface area contributed by atoms with Crippen molar-refractivity contribution in [3.63, 3.8) is 0 Å². The summed E-state index contributed by atoms with van der Waals surface area (Å²) in [5, 5.41) is 4.90. The van der Waals surface area contributed by atoms with Gasteiger partial charge in [-0.3, -0.25) is 9.40 Å². The summed E-state index contributed by atoms with van der Waals surface area (Å²) in [5.74, 6) is 0. The summed E-state index contributed by atoms with van der Waals surface area (Å²) in [4.78, 5) is 0.226. The summed E-state index contributed by atoms with van der Waals surface area (Å²) < 4.78 is 29.8. The molecule has 5 nitrogen and oxygen atoms in total. The number of hydrogen-bond donors (Lipinski definition) is 1. The third kappa shape index (κ3) is 3.38. The number of rotatable bonds is 4. The molecule has 1 heterocycles. The Labute approximate surface area is 141 Å². The first kappa shape index (κ1) is 16.3. The molecule has 1 aliphatic rings. The lowest BCUT2D eigenvalue weighted by Gasteiger charge is -2.10. The second kappa shape index (κ2) is 6.17. The minimum Gasteiger partial charge on any atom is -0.279 e. The van der Waals surface area contributed by atoms with Crippen molar-refractivity contribution in [1.82, 2.24) is 9.78 Å². The molecular weight excluding hydrogens is 334 g/mol. The fraction of sp³-hybridized carbons (Fsp3) is 0.438. The summed E-state index contributed by atoms with van der Waals surface area (Å²) in [6.45, 7) is 3.56. The monoisotopic (exact) mass is 353 g/mol. The number of hydrogen-bond acceptors (Lipinski definition) is 3. The molecular formula is C16H20ClN3O2S. The quantitative estimate of drug-likeness (QED) is 0.901. The highest BCUT2D eigenvalue weighted by Crippen LogP contribution is 2.31. The Morgan fingerprint density at radius 1 is 1.26 bits per heavy atom. The first-order valence-corrected chi connectivity index (χ1v) is 9.57. The topological polar surface area (TPSA) is 64.0 Å². The van der Waals surface area contributed by atoms with Gasteiger partial charge < -0.3 is 0 Å². The Hall–Kier alpha value is -1.53. The lowest BCUT2D eigenvalue weighted by Crippen LogP contribution is -2.14. The van der Waals surface area contributed by atoms with Crippen molar-refractivity contribution in [3.8, 4) is 0 Å². The number of sulfonamides is 1. The normalized spacial score (nSPS) is 16.0. The third-order valence-corrected chi connectivity index (χ3v) is 6.01. The zero-order chi connectivity index (χ0) is 16.6. The first-order chi connectivity index (χ1) is 10.9. The van der Waals surface area contributed by atoms with Crippen molar-refractivity contribution in [2.75, 3.05) is 4.72 Å². The van der Waals surface area contributed by atoms with Crippen LogP contribution >= 0.6 is 11.6 Å². The van der Waals surface area contributed by atoms with E-state index in [4.69, 9.17) is 11.6 Å². The molecule has 1 aromatic carbocycles. The van der Waals surface area contributed by atoms with E-state index in [0.29, 0.717) is 22.4 Å². The fourth-order valence-corrected chi connectivity index (χ4v) is 4.46. The van der Waals surface area contributed by atoms with E-state index in [0.717, 1.165) is 18.4 Å². The average Bonchev–Trinajstić information content (AvgIpc) is 3.11. The van der Waals surface area contributed by atoms with Crippen molar-refractivity contribution >= 4 is 27.3 Å². The summed E-state index contributed by atoms with van der Waals surface area (Å²) in [7, 11) is -3.68. The van der Waals surface area contributed by atoms with Crippen molar-refractivity contribution in [2.45, 2.75) is 50.5 Å². The van der Waals surface area contributed by atoms with Crippen molar-refractivity contribution in [2.24, 2.45) is 0 Å². The van der Waals surface area contributed by atoms with Crippen LogP contribution in [-0.2, 0) is 10.0 Å². The van der Waals surface area contributed by atoms with Crippen LogP contribution in [0.15, 0.2) is 29.3 Å². The van der Waals surface area contributed by atoms with Crippen molar-refractivity contribution in [3.05, 3.63) is 40.7 Å². The maximum atomic E-state index is 12.7. The molecule has 0 radical (unpaired) electrons. The number of nitrogens with zero attached hydrogens (tertiary/aromatic N) is 2.